The summed E-state index contributed by atoms with van der Waals surface area (Å²) in [6.45, 7) is 7.01. The fraction of sp³-hybridized carbons (Fsp3) is 0.917. The summed E-state index contributed by atoms with van der Waals surface area (Å²) in [6, 6.07) is 0. The summed E-state index contributed by atoms with van der Waals surface area (Å²) in [5.41, 5.74) is -0.369. The van der Waals surface area contributed by atoms with Crippen LogP contribution < -0.4 is 0 Å². The molecule has 1 fully saturated rings. The largest absolute Gasteiger partial charge is 0.465 e. The number of carbonyl (C=O) groups excluding carboxylic acids is 1. The quantitative estimate of drug-likeness (QED) is 0.660. The minimum Gasteiger partial charge on any atom is -0.465 e. The second-order valence-electron chi connectivity index (χ2n) is 4.07. The highest BCUT2D eigenvalue weighted by Gasteiger charge is 2.49. The first-order chi connectivity index (χ1) is 7.21. The smallest absolute Gasteiger partial charge is 0.314 e. The lowest BCUT2D eigenvalue weighted by atomic mass is 9.81. The maximum atomic E-state index is 12.0. The van der Waals surface area contributed by atoms with Crippen molar-refractivity contribution < 1.29 is 14.3 Å². The molecule has 0 aliphatic heterocycles. The molecule has 3 heteroatoms. The molecule has 15 heavy (non-hydrogen) atoms. The monoisotopic (exact) mass is 214 g/mol. The first-order valence-electron chi connectivity index (χ1n) is 6.00. The molecule has 0 bridgehead atoms. The summed E-state index contributed by atoms with van der Waals surface area (Å²) in [5, 5.41) is 0. The van der Waals surface area contributed by atoms with E-state index < -0.39 is 0 Å². The van der Waals surface area contributed by atoms with Crippen LogP contribution in [0.2, 0.25) is 0 Å². The van der Waals surface area contributed by atoms with Crippen LogP contribution in [0.5, 0.6) is 0 Å². The van der Waals surface area contributed by atoms with Crippen molar-refractivity contribution in [1.29, 1.82) is 0 Å². The Morgan fingerprint density at radius 3 is 2.60 bits per heavy atom. The van der Waals surface area contributed by atoms with Crippen molar-refractivity contribution in [1.82, 2.24) is 0 Å². The van der Waals surface area contributed by atoms with E-state index in [4.69, 9.17) is 9.47 Å². The summed E-state index contributed by atoms with van der Waals surface area (Å²) in [5.74, 6) is -0.0662. The maximum absolute atomic E-state index is 12.0. The van der Waals surface area contributed by atoms with Gasteiger partial charge in [0.25, 0.3) is 0 Å². The van der Waals surface area contributed by atoms with E-state index in [0.717, 1.165) is 25.7 Å². The summed E-state index contributed by atoms with van der Waals surface area (Å²) < 4.78 is 10.9. The van der Waals surface area contributed by atoms with Crippen molar-refractivity contribution in [2.24, 2.45) is 5.41 Å². The number of esters is 1. The third kappa shape index (κ3) is 2.33. The predicted molar refractivity (Wildman–Crippen MR) is 58.6 cm³/mol. The van der Waals surface area contributed by atoms with Crippen LogP contribution in [-0.4, -0.2) is 25.3 Å². The van der Waals surface area contributed by atoms with Gasteiger partial charge in [0, 0.05) is 6.61 Å². The second-order valence-corrected chi connectivity index (χ2v) is 4.07. The zero-order valence-electron chi connectivity index (χ0n) is 10.0. The molecule has 0 N–H and O–H groups in total. The van der Waals surface area contributed by atoms with E-state index in [-0.39, 0.29) is 17.5 Å². The van der Waals surface area contributed by atoms with Crippen LogP contribution in [0.15, 0.2) is 0 Å². The molecule has 2 atom stereocenters. The molecule has 1 saturated carbocycles. The first kappa shape index (κ1) is 12.5. The van der Waals surface area contributed by atoms with Gasteiger partial charge in [0.1, 0.15) is 0 Å². The average molecular weight is 214 g/mol. The molecule has 0 saturated heterocycles. The summed E-state index contributed by atoms with van der Waals surface area (Å²) >= 11 is 0. The number of carbonyl (C=O) groups is 1. The zero-order valence-corrected chi connectivity index (χ0v) is 10.0. The average Bonchev–Trinajstić information content (AvgIpc) is 2.63. The Morgan fingerprint density at radius 2 is 2.07 bits per heavy atom. The standard InChI is InChI=1S/C12H22O3/c1-4-12(11(13)15-6-3)9-7-8-10(12)14-5-2/h10H,4-9H2,1-3H3. The fourth-order valence-electron chi connectivity index (χ4n) is 2.54. The molecule has 0 heterocycles. The second kappa shape index (κ2) is 5.50. The normalized spacial score (nSPS) is 30.5. The van der Waals surface area contributed by atoms with Crippen molar-refractivity contribution >= 4 is 5.97 Å². The molecule has 0 radical (unpaired) electrons. The van der Waals surface area contributed by atoms with Crippen molar-refractivity contribution in [3.05, 3.63) is 0 Å². The van der Waals surface area contributed by atoms with E-state index in [1.807, 2.05) is 20.8 Å². The number of rotatable bonds is 5. The van der Waals surface area contributed by atoms with Crippen LogP contribution in [0.1, 0.15) is 46.5 Å². The Morgan fingerprint density at radius 1 is 1.33 bits per heavy atom. The molecule has 0 aromatic heterocycles. The number of hydrogen-bond acceptors (Lipinski definition) is 3. The van der Waals surface area contributed by atoms with Gasteiger partial charge >= 0.3 is 5.97 Å². The number of ether oxygens (including phenoxy) is 2. The molecule has 3 nitrogen and oxygen atoms in total. The molecule has 88 valence electrons. The van der Waals surface area contributed by atoms with E-state index in [2.05, 4.69) is 0 Å². The maximum Gasteiger partial charge on any atom is 0.314 e. The molecule has 2 unspecified atom stereocenters. The van der Waals surface area contributed by atoms with Gasteiger partial charge in [-0.25, -0.2) is 0 Å². The van der Waals surface area contributed by atoms with E-state index in [9.17, 15) is 4.79 Å². The van der Waals surface area contributed by atoms with Gasteiger partial charge in [0.05, 0.1) is 18.1 Å². The lowest BCUT2D eigenvalue weighted by molar-refractivity contribution is -0.164. The van der Waals surface area contributed by atoms with Crippen LogP contribution in [0, 0.1) is 5.41 Å². The van der Waals surface area contributed by atoms with E-state index in [0.29, 0.717) is 13.2 Å². The zero-order chi connectivity index (χ0) is 11.3. The highest BCUT2D eigenvalue weighted by Crippen LogP contribution is 2.44. The first-order valence-corrected chi connectivity index (χ1v) is 6.00. The SMILES string of the molecule is CCOC(=O)C1(CC)CCCC1OCC. The van der Waals surface area contributed by atoms with Crippen molar-refractivity contribution in [3.63, 3.8) is 0 Å². The van der Waals surface area contributed by atoms with Crippen LogP contribution in [0.25, 0.3) is 0 Å². The van der Waals surface area contributed by atoms with Gasteiger partial charge in [-0.2, -0.15) is 0 Å². The molecule has 0 aromatic rings. The third-order valence-electron chi connectivity index (χ3n) is 3.39. The highest BCUT2D eigenvalue weighted by molar-refractivity contribution is 5.78. The lowest BCUT2D eigenvalue weighted by Crippen LogP contribution is -2.40. The summed E-state index contributed by atoms with van der Waals surface area (Å²) in [7, 11) is 0. The molecular weight excluding hydrogens is 192 g/mol. The van der Waals surface area contributed by atoms with Gasteiger partial charge in [0.2, 0.25) is 0 Å². The molecule has 0 amide bonds. The van der Waals surface area contributed by atoms with Crippen molar-refractivity contribution in [3.8, 4) is 0 Å². The molecule has 0 spiro atoms. The van der Waals surface area contributed by atoms with Gasteiger partial charge in [-0.3, -0.25) is 4.79 Å². The van der Waals surface area contributed by atoms with Crippen LogP contribution in [0.3, 0.4) is 0 Å². The van der Waals surface area contributed by atoms with Gasteiger partial charge in [-0.15, -0.1) is 0 Å². The van der Waals surface area contributed by atoms with Crippen LogP contribution in [-0.2, 0) is 14.3 Å². The number of hydrogen-bond donors (Lipinski definition) is 0. The van der Waals surface area contributed by atoms with Crippen LogP contribution in [0.4, 0.5) is 0 Å². The Bertz CT molecular complexity index is 215. The topological polar surface area (TPSA) is 35.5 Å². The van der Waals surface area contributed by atoms with Crippen LogP contribution >= 0.6 is 0 Å². The lowest BCUT2D eigenvalue weighted by Gasteiger charge is -2.31. The van der Waals surface area contributed by atoms with E-state index in [1.165, 1.54) is 0 Å². The molecule has 1 aliphatic carbocycles. The Hall–Kier alpha value is -0.570. The molecule has 0 aromatic carbocycles. The van der Waals surface area contributed by atoms with Crippen molar-refractivity contribution in [2.45, 2.75) is 52.6 Å². The minimum atomic E-state index is -0.369. The molecule has 1 aliphatic rings. The molecule has 1 rings (SSSR count). The Labute approximate surface area is 92.1 Å². The van der Waals surface area contributed by atoms with Gasteiger partial charge in [-0.1, -0.05) is 6.92 Å². The summed E-state index contributed by atoms with van der Waals surface area (Å²) in [4.78, 5) is 12.0. The highest BCUT2D eigenvalue weighted by atomic mass is 16.5. The van der Waals surface area contributed by atoms with Gasteiger partial charge in [-0.05, 0) is 39.5 Å². The van der Waals surface area contributed by atoms with E-state index >= 15 is 0 Å². The predicted octanol–water partition coefficient (Wildman–Crippen LogP) is 2.53. The Balaban J connectivity index is 2.76. The third-order valence-corrected chi connectivity index (χ3v) is 3.39. The fourth-order valence-corrected chi connectivity index (χ4v) is 2.54. The van der Waals surface area contributed by atoms with Gasteiger partial charge in [0.15, 0.2) is 0 Å². The van der Waals surface area contributed by atoms with E-state index in [1.54, 1.807) is 0 Å². The minimum absolute atomic E-state index is 0.0616. The Kier molecular flexibility index (Phi) is 4.58. The van der Waals surface area contributed by atoms with Crippen molar-refractivity contribution in [2.75, 3.05) is 13.2 Å². The molecular formula is C12H22O3. The van der Waals surface area contributed by atoms with Gasteiger partial charge < -0.3 is 9.47 Å². The summed E-state index contributed by atoms with van der Waals surface area (Å²) in [6.07, 6.45) is 3.84.